The Hall–Kier alpha value is -1.84. The smallest absolute Gasteiger partial charge is 0.328 e. The van der Waals surface area contributed by atoms with Gasteiger partial charge in [-0.1, -0.05) is 13.0 Å². The predicted molar refractivity (Wildman–Crippen MR) is 75.8 cm³/mol. The highest BCUT2D eigenvalue weighted by atomic mass is 19.1. The molecular weight excluding hydrogens is 245 g/mol. The highest BCUT2D eigenvalue weighted by Crippen LogP contribution is 2.30. The Morgan fingerprint density at radius 2 is 2.11 bits per heavy atom. The molecular formula is C15H20FNO2. The number of rotatable bonds is 5. The number of nitrogens with zero attached hydrogens (tertiary/aromatic N) is 1. The second-order valence-corrected chi connectivity index (χ2v) is 5.07. The Morgan fingerprint density at radius 3 is 2.63 bits per heavy atom. The minimum absolute atomic E-state index is 0.139. The van der Waals surface area contributed by atoms with Gasteiger partial charge in [0.05, 0.1) is 0 Å². The third kappa shape index (κ3) is 3.56. The molecule has 0 aromatic heterocycles. The van der Waals surface area contributed by atoms with E-state index < -0.39 is 11.8 Å². The van der Waals surface area contributed by atoms with Crippen LogP contribution in [-0.2, 0) is 4.79 Å². The quantitative estimate of drug-likeness (QED) is 0.828. The van der Waals surface area contributed by atoms with Gasteiger partial charge in [0.1, 0.15) is 5.82 Å². The van der Waals surface area contributed by atoms with Crippen LogP contribution in [0.3, 0.4) is 0 Å². The van der Waals surface area contributed by atoms with Gasteiger partial charge in [-0.05, 0) is 38.5 Å². The molecule has 0 aliphatic heterocycles. The fourth-order valence-corrected chi connectivity index (χ4v) is 1.70. The zero-order valence-corrected chi connectivity index (χ0v) is 11.8. The van der Waals surface area contributed by atoms with E-state index in [9.17, 15) is 9.18 Å². The SMILES string of the molecule is CCC(C)(C)N(C)c1cccc(F)c1/C=C/C(=O)O. The largest absolute Gasteiger partial charge is 0.478 e. The van der Waals surface area contributed by atoms with Crippen molar-refractivity contribution in [1.82, 2.24) is 0 Å². The first-order chi connectivity index (χ1) is 8.79. The summed E-state index contributed by atoms with van der Waals surface area (Å²) < 4.78 is 13.9. The average Bonchev–Trinajstić information content (AvgIpc) is 2.35. The fraction of sp³-hybridized carbons (Fsp3) is 0.400. The van der Waals surface area contributed by atoms with Crippen LogP contribution in [0, 0.1) is 5.82 Å². The zero-order valence-electron chi connectivity index (χ0n) is 11.8. The lowest BCUT2D eigenvalue weighted by Gasteiger charge is -2.37. The molecule has 0 fully saturated rings. The lowest BCUT2D eigenvalue weighted by molar-refractivity contribution is -0.131. The van der Waals surface area contributed by atoms with Crippen molar-refractivity contribution >= 4 is 17.7 Å². The molecule has 0 atom stereocenters. The summed E-state index contributed by atoms with van der Waals surface area (Å²) in [5.41, 5.74) is 0.845. The van der Waals surface area contributed by atoms with Gasteiger partial charge in [0.2, 0.25) is 0 Å². The molecule has 1 aromatic carbocycles. The van der Waals surface area contributed by atoms with Crippen molar-refractivity contribution in [2.45, 2.75) is 32.7 Å². The summed E-state index contributed by atoms with van der Waals surface area (Å²) in [4.78, 5) is 12.6. The Labute approximate surface area is 113 Å². The first kappa shape index (κ1) is 15.2. The van der Waals surface area contributed by atoms with Crippen LogP contribution in [0.25, 0.3) is 6.08 Å². The summed E-state index contributed by atoms with van der Waals surface area (Å²) in [6, 6.07) is 4.75. The maximum atomic E-state index is 13.9. The number of anilines is 1. The Bertz CT molecular complexity index is 495. The summed E-state index contributed by atoms with van der Waals surface area (Å²) in [6.45, 7) is 6.17. The van der Waals surface area contributed by atoms with Gasteiger partial charge >= 0.3 is 5.97 Å². The topological polar surface area (TPSA) is 40.5 Å². The van der Waals surface area contributed by atoms with E-state index >= 15 is 0 Å². The maximum absolute atomic E-state index is 13.9. The fourth-order valence-electron chi connectivity index (χ4n) is 1.70. The first-order valence-corrected chi connectivity index (χ1v) is 6.23. The van der Waals surface area contributed by atoms with E-state index in [1.54, 1.807) is 12.1 Å². The molecule has 1 aromatic rings. The highest BCUT2D eigenvalue weighted by Gasteiger charge is 2.23. The highest BCUT2D eigenvalue weighted by molar-refractivity contribution is 5.87. The van der Waals surface area contributed by atoms with Gasteiger partial charge in [-0.15, -0.1) is 0 Å². The Kier molecular flexibility index (Phi) is 4.70. The number of carbonyl (C=O) groups is 1. The van der Waals surface area contributed by atoms with Gasteiger partial charge in [0.25, 0.3) is 0 Å². The number of carboxylic acids is 1. The van der Waals surface area contributed by atoms with Crippen LogP contribution < -0.4 is 4.90 Å². The van der Waals surface area contributed by atoms with Gasteiger partial charge in [-0.2, -0.15) is 0 Å². The van der Waals surface area contributed by atoms with Gasteiger partial charge in [-0.3, -0.25) is 0 Å². The van der Waals surface area contributed by atoms with Crippen molar-refractivity contribution in [3.05, 3.63) is 35.7 Å². The molecule has 0 heterocycles. The second kappa shape index (κ2) is 5.87. The molecule has 0 amide bonds. The van der Waals surface area contributed by atoms with Crippen molar-refractivity contribution in [2.24, 2.45) is 0 Å². The lowest BCUT2D eigenvalue weighted by atomic mass is 9.97. The molecule has 0 aliphatic rings. The summed E-state index contributed by atoms with van der Waals surface area (Å²) in [5, 5.41) is 8.68. The molecule has 0 saturated heterocycles. The van der Waals surface area contributed by atoms with Gasteiger partial charge in [0.15, 0.2) is 0 Å². The molecule has 0 spiro atoms. The third-order valence-electron chi connectivity index (χ3n) is 3.56. The molecule has 0 bridgehead atoms. The van der Waals surface area contributed by atoms with Crippen LogP contribution >= 0.6 is 0 Å². The van der Waals surface area contributed by atoms with Crippen LogP contribution in [0.5, 0.6) is 0 Å². The molecule has 1 rings (SSSR count). The number of aliphatic carboxylic acids is 1. The first-order valence-electron chi connectivity index (χ1n) is 6.23. The number of hydrogen-bond acceptors (Lipinski definition) is 2. The molecule has 0 aliphatic carbocycles. The van der Waals surface area contributed by atoms with Crippen molar-refractivity contribution in [3.63, 3.8) is 0 Å². The zero-order chi connectivity index (χ0) is 14.6. The van der Waals surface area contributed by atoms with Gasteiger partial charge < -0.3 is 10.0 Å². The Balaban J connectivity index is 3.28. The average molecular weight is 265 g/mol. The van der Waals surface area contributed by atoms with Gasteiger partial charge in [0, 0.05) is 29.9 Å². The molecule has 0 radical (unpaired) electrons. The number of benzene rings is 1. The van der Waals surface area contributed by atoms with Crippen molar-refractivity contribution in [2.75, 3.05) is 11.9 Å². The van der Waals surface area contributed by atoms with Crippen molar-refractivity contribution in [1.29, 1.82) is 0 Å². The molecule has 1 N–H and O–H groups in total. The summed E-state index contributed by atoms with van der Waals surface area (Å²) in [5.74, 6) is -1.51. The van der Waals surface area contributed by atoms with Gasteiger partial charge in [-0.25, -0.2) is 9.18 Å². The van der Waals surface area contributed by atoms with Crippen molar-refractivity contribution < 1.29 is 14.3 Å². The molecule has 3 nitrogen and oxygen atoms in total. The molecule has 104 valence electrons. The van der Waals surface area contributed by atoms with E-state index in [1.807, 2.05) is 11.9 Å². The van der Waals surface area contributed by atoms with Crippen molar-refractivity contribution in [3.8, 4) is 0 Å². The standard InChI is InChI=1S/C15H20FNO2/c1-5-15(2,3)17(4)13-8-6-7-12(16)11(13)9-10-14(18)19/h6-10H,5H2,1-4H3,(H,18,19)/b10-9+. The van der Waals surface area contributed by atoms with E-state index in [1.165, 1.54) is 12.1 Å². The van der Waals surface area contributed by atoms with Crippen LogP contribution in [0.1, 0.15) is 32.8 Å². The number of carboxylic acid groups (broad SMARTS) is 1. The molecule has 0 unspecified atom stereocenters. The van der Waals surface area contributed by atoms with E-state index in [2.05, 4.69) is 20.8 Å². The van der Waals surface area contributed by atoms with E-state index in [0.717, 1.165) is 12.5 Å². The van der Waals surface area contributed by atoms with E-state index in [4.69, 9.17) is 5.11 Å². The Morgan fingerprint density at radius 1 is 1.47 bits per heavy atom. The summed E-state index contributed by atoms with van der Waals surface area (Å²) >= 11 is 0. The number of hydrogen-bond donors (Lipinski definition) is 1. The van der Waals surface area contributed by atoms with Crippen LogP contribution in [-0.4, -0.2) is 23.7 Å². The van der Waals surface area contributed by atoms with E-state index in [0.29, 0.717) is 11.3 Å². The number of halogens is 1. The maximum Gasteiger partial charge on any atom is 0.328 e. The monoisotopic (exact) mass is 265 g/mol. The molecule has 0 saturated carbocycles. The molecule has 4 heteroatoms. The minimum atomic E-state index is -1.09. The second-order valence-electron chi connectivity index (χ2n) is 5.07. The van der Waals surface area contributed by atoms with E-state index in [-0.39, 0.29) is 5.54 Å². The predicted octanol–water partition coefficient (Wildman–Crippen LogP) is 3.55. The third-order valence-corrected chi connectivity index (χ3v) is 3.56. The van der Waals surface area contributed by atoms with Crippen LogP contribution in [0.4, 0.5) is 10.1 Å². The normalized spacial score (nSPS) is 11.8. The van der Waals surface area contributed by atoms with Crippen LogP contribution in [0.2, 0.25) is 0 Å². The lowest BCUT2D eigenvalue weighted by Crippen LogP contribution is -2.41. The molecule has 19 heavy (non-hydrogen) atoms. The summed E-state index contributed by atoms with van der Waals surface area (Å²) in [7, 11) is 1.89. The minimum Gasteiger partial charge on any atom is -0.478 e. The summed E-state index contributed by atoms with van der Waals surface area (Å²) in [6.07, 6.45) is 3.14. The van der Waals surface area contributed by atoms with Crippen LogP contribution in [0.15, 0.2) is 24.3 Å².